The van der Waals surface area contributed by atoms with Crippen LogP contribution >= 0.6 is 11.8 Å². The largest absolute Gasteiger partial charge is 0.359 e. The van der Waals surface area contributed by atoms with Gasteiger partial charge in [-0.2, -0.15) is 0 Å². The molecule has 0 aromatic heterocycles. The SMILES string of the molecule is CSc1cccc(NC(=O)[C@@H]2[C@@H]3C=C[C@]4(O3)[C@@H]2C(=O)N([C@@H]2CCCC[C@@H]2C)[C@H]4C(=O)N[C@@H]2CCC[C@H](C)[C@@H]2C)c1. The number of benzene rings is 1. The number of hydrogen-bond acceptors (Lipinski definition) is 5. The fourth-order valence-electron chi connectivity index (χ4n) is 8.25. The van der Waals surface area contributed by atoms with Gasteiger partial charge in [0, 0.05) is 22.7 Å². The van der Waals surface area contributed by atoms with Gasteiger partial charge in [0.2, 0.25) is 17.7 Å². The predicted octanol–water partition coefficient (Wildman–Crippen LogP) is 5.02. The molecule has 6 rings (SSSR count). The molecule has 1 spiro atoms. The van der Waals surface area contributed by atoms with Crippen molar-refractivity contribution in [1.82, 2.24) is 10.2 Å². The van der Waals surface area contributed by atoms with E-state index < -0.39 is 29.6 Å². The molecule has 2 saturated heterocycles. The molecule has 7 nitrogen and oxygen atoms in total. The maximum Gasteiger partial charge on any atom is 0.246 e. The van der Waals surface area contributed by atoms with E-state index in [1.54, 1.807) is 11.8 Å². The molecule has 1 aromatic carbocycles. The Kier molecular flexibility index (Phi) is 7.53. The highest BCUT2D eigenvalue weighted by Crippen LogP contribution is 2.56. The van der Waals surface area contributed by atoms with Gasteiger partial charge in [-0.3, -0.25) is 14.4 Å². The molecule has 8 heteroatoms. The minimum atomic E-state index is -1.12. The maximum absolute atomic E-state index is 14.5. The molecule has 216 valence electrons. The van der Waals surface area contributed by atoms with E-state index in [1.165, 1.54) is 6.42 Å². The maximum atomic E-state index is 14.5. The molecule has 4 fully saturated rings. The lowest BCUT2D eigenvalue weighted by Crippen LogP contribution is -2.60. The van der Waals surface area contributed by atoms with Crippen molar-refractivity contribution in [1.29, 1.82) is 0 Å². The molecule has 10 atom stereocenters. The molecule has 2 saturated carbocycles. The fourth-order valence-corrected chi connectivity index (χ4v) is 8.71. The highest BCUT2D eigenvalue weighted by atomic mass is 32.2. The number of anilines is 1. The highest BCUT2D eigenvalue weighted by molar-refractivity contribution is 7.98. The number of likely N-dealkylation sites (tertiary alicyclic amines) is 1. The van der Waals surface area contributed by atoms with Gasteiger partial charge in [-0.15, -0.1) is 11.8 Å². The summed E-state index contributed by atoms with van der Waals surface area (Å²) in [5, 5.41) is 6.44. The first-order chi connectivity index (χ1) is 19.2. The number of fused-ring (bicyclic) bond motifs is 1. The van der Waals surface area contributed by atoms with Gasteiger partial charge in [-0.25, -0.2) is 0 Å². The summed E-state index contributed by atoms with van der Waals surface area (Å²) in [5.74, 6) is -0.632. The molecule has 3 amide bonds. The van der Waals surface area contributed by atoms with Crippen molar-refractivity contribution in [2.45, 2.75) is 100 Å². The summed E-state index contributed by atoms with van der Waals surface area (Å²) < 4.78 is 6.60. The van der Waals surface area contributed by atoms with Crippen LogP contribution in [0.1, 0.15) is 65.7 Å². The molecular weight excluding hydrogens is 522 g/mol. The molecule has 3 heterocycles. The Bertz CT molecular complexity index is 1200. The first kappa shape index (κ1) is 27.8. The van der Waals surface area contributed by atoms with Gasteiger partial charge in [0.05, 0.1) is 17.9 Å². The van der Waals surface area contributed by atoms with Gasteiger partial charge < -0.3 is 20.3 Å². The second kappa shape index (κ2) is 10.8. The smallest absolute Gasteiger partial charge is 0.246 e. The van der Waals surface area contributed by atoms with Gasteiger partial charge in [-0.1, -0.05) is 64.7 Å². The quantitative estimate of drug-likeness (QED) is 0.374. The zero-order valence-electron chi connectivity index (χ0n) is 24.1. The molecule has 0 unspecified atom stereocenters. The fraction of sp³-hybridized carbons (Fsp3) is 0.656. The number of hydrogen-bond donors (Lipinski definition) is 2. The molecule has 5 aliphatic rings. The van der Waals surface area contributed by atoms with Crippen molar-refractivity contribution >= 4 is 35.2 Å². The van der Waals surface area contributed by atoms with Crippen LogP contribution in [0, 0.1) is 29.6 Å². The van der Waals surface area contributed by atoms with Crippen LogP contribution in [0.25, 0.3) is 0 Å². The number of amides is 3. The van der Waals surface area contributed by atoms with Crippen LogP contribution in [0.4, 0.5) is 5.69 Å². The predicted molar refractivity (Wildman–Crippen MR) is 157 cm³/mol. The number of ether oxygens (including phenoxy) is 1. The molecule has 3 aliphatic heterocycles. The normalized spacial score (nSPS) is 40.2. The van der Waals surface area contributed by atoms with Crippen molar-refractivity contribution in [3.63, 3.8) is 0 Å². The van der Waals surface area contributed by atoms with E-state index in [-0.39, 0.29) is 29.8 Å². The zero-order chi connectivity index (χ0) is 28.2. The van der Waals surface area contributed by atoms with Gasteiger partial charge in [0.25, 0.3) is 0 Å². The van der Waals surface area contributed by atoms with Crippen LogP contribution < -0.4 is 10.6 Å². The number of thioether (sulfide) groups is 1. The van der Waals surface area contributed by atoms with Gasteiger partial charge in [0.15, 0.2) is 0 Å². The van der Waals surface area contributed by atoms with E-state index in [9.17, 15) is 14.4 Å². The highest BCUT2D eigenvalue weighted by Gasteiger charge is 2.73. The van der Waals surface area contributed by atoms with E-state index in [1.807, 2.05) is 47.6 Å². The summed E-state index contributed by atoms with van der Waals surface area (Å²) >= 11 is 1.61. The van der Waals surface area contributed by atoms with Crippen molar-refractivity contribution in [2.24, 2.45) is 29.6 Å². The Morgan fingerprint density at radius 2 is 1.80 bits per heavy atom. The molecule has 40 heavy (non-hydrogen) atoms. The van der Waals surface area contributed by atoms with Crippen LogP contribution in [0.3, 0.4) is 0 Å². The van der Waals surface area contributed by atoms with E-state index in [4.69, 9.17) is 4.74 Å². The first-order valence-corrected chi connectivity index (χ1v) is 16.4. The Labute approximate surface area is 242 Å². The summed E-state index contributed by atoms with van der Waals surface area (Å²) in [6, 6.07) is 7.01. The third-order valence-corrected chi connectivity index (χ3v) is 11.4. The average Bonchev–Trinajstić information content (AvgIpc) is 3.59. The lowest BCUT2D eigenvalue weighted by Gasteiger charge is -2.42. The third-order valence-electron chi connectivity index (χ3n) is 10.7. The summed E-state index contributed by atoms with van der Waals surface area (Å²) in [4.78, 5) is 45.5. The monoisotopic (exact) mass is 565 g/mol. The van der Waals surface area contributed by atoms with Crippen LogP contribution in [0.15, 0.2) is 41.3 Å². The van der Waals surface area contributed by atoms with Crippen molar-refractivity contribution in [3.05, 3.63) is 36.4 Å². The van der Waals surface area contributed by atoms with Crippen molar-refractivity contribution in [2.75, 3.05) is 11.6 Å². The average molecular weight is 566 g/mol. The third kappa shape index (κ3) is 4.50. The standard InChI is InChI=1S/C32H43N3O4S/c1-18-10-7-13-23(20(18)3)34-30(37)28-32-16-15-25(39-32)26(29(36)33-21-11-8-12-22(17-21)40-4)27(32)31(38)35(28)24-14-6-5-9-19(24)2/h8,11-12,15-20,23-28H,5-7,9-10,13-14H2,1-4H3,(H,33,36)(H,34,37)/t18-,19-,20-,23+,24+,25-,26+,27-,28-,32-/m0/s1. The van der Waals surface area contributed by atoms with Crippen LogP contribution in [-0.2, 0) is 19.1 Å². The topological polar surface area (TPSA) is 87.7 Å². The second-order valence-corrected chi connectivity index (χ2v) is 13.8. The van der Waals surface area contributed by atoms with Crippen molar-refractivity contribution in [3.8, 4) is 0 Å². The molecule has 2 aliphatic carbocycles. The minimum absolute atomic E-state index is 0.0299. The lowest BCUT2D eigenvalue weighted by atomic mass is 9.73. The lowest BCUT2D eigenvalue weighted by molar-refractivity contribution is -0.146. The summed E-state index contributed by atoms with van der Waals surface area (Å²) in [7, 11) is 0. The van der Waals surface area contributed by atoms with E-state index >= 15 is 0 Å². The van der Waals surface area contributed by atoms with Crippen LogP contribution in [-0.4, -0.2) is 58.7 Å². The number of nitrogens with zero attached hydrogens (tertiary/aromatic N) is 1. The van der Waals surface area contributed by atoms with Gasteiger partial charge in [-0.05, 0) is 61.5 Å². The van der Waals surface area contributed by atoms with Crippen LogP contribution in [0.2, 0.25) is 0 Å². The Balaban J connectivity index is 1.33. The first-order valence-electron chi connectivity index (χ1n) is 15.2. The Morgan fingerprint density at radius 1 is 1.02 bits per heavy atom. The molecule has 2 bridgehead atoms. The van der Waals surface area contributed by atoms with Crippen molar-refractivity contribution < 1.29 is 19.1 Å². The van der Waals surface area contributed by atoms with Gasteiger partial charge in [0.1, 0.15) is 11.6 Å². The van der Waals surface area contributed by atoms with Gasteiger partial charge >= 0.3 is 0 Å². The van der Waals surface area contributed by atoms with Crippen LogP contribution in [0.5, 0.6) is 0 Å². The zero-order valence-corrected chi connectivity index (χ0v) is 24.9. The van der Waals surface area contributed by atoms with E-state index in [0.29, 0.717) is 23.4 Å². The number of carbonyl (C=O) groups excluding carboxylic acids is 3. The number of rotatable bonds is 6. The van der Waals surface area contributed by atoms with E-state index in [0.717, 1.165) is 43.4 Å². The summed E-state index contributed by atoms with van der Waals surface area (Å²) in [6.45, 7) is 6.68. The second-order valence-electron chi connectivity index (χ2n) is 12.9. The summed E-state index contributed by atoms with van der Waals surface area (Å²) in [6.07, 6.45) is 12.6. The molecule has 2 N–H and O–H groups in total. The molecule has 0 radical (unpaired) electrons. The summed E-state index contributed by atoms with van der Waals surface area (Å²) in [5.41, 5.74) is -0.411. The minimum Gasteiger partial charge on any atom is -0.359 e. The Morgan fingerprint density at radius 3 is 2.58 bits per heavy atom. The van der Waals surface area contributed by atoms with E-state index in [2.05, 4.69) is 31.4 Å². The molecular formula is C32H43N3O4S. The number of carbonyl (C=O) groups is 3. The Hall–Kier alpha value is -2.32. The molecule has 1 aromatic rings. The number of nitrogens with one attached hydrogen (secondary N) is 2.